The Labute approximate surface area is 133 Å². The molecule has 1 aromatic carbocycles. The van der Waals surface area contributed by atoms with Crippen LogP contribution in [0.2, 0.25) is 5.02 Å². The Morgan fingerprint density at radius 2 is 1.67 bits per heavy atom. The van der Waals surface area contributed by atoms with Crippen molar-refractivity contribution in [3.63, 3.8) is 0 Å². The van der Waals surface area contributed by atoms with E-state index in [1.165, 1.54) is 44.1 Å². The van der Waals surface area contributed by atoms with Gasteiger partial charge in [-0.3, -0.25) is 0 Å². The molecule has 0 aromatic heterocycles. The summed E-state index contributed by atoms with van der Waals surface area (Å²) in [4.78, 5) is 0. The Morgan fingerprint density at radius 3 is 2.19 bits per heavy atom. The van der Waals surface area contributed by atoms with E-state index in [1.807, 2.05) is 12.1 Å². The van der Waals surface area contributed by atoms with Crippen LogP contribution < -0.4 is 5.32 Å². The first-order chi connectivity index (χ1) is 10.1. The standard InChI is InChI=1S/C19H26ClN/c1-12-4-3-5-17(20)18(12)21-13(2)19-9-14-6-15(10-19)8-16(7-14)11-19/h3-5,13-16,21H,6-11H2,1-2H3. The summed E-state index contributed by atoms with van der Waals surface area (Å²) in [6, 6.07) is 6.73. The van der Waals surface area contributed by atoms with Crippen molar-refractivity contribution in [1.29, 1.82) is 0 Å². The van der Waals surface area contributed by atoms with Gasteiger partial charge in [0.1, 0.15) is 0 Å². The van der Waals surface area contributed by atoms with E-state index in [4.69, 9.17) is 11.6 Å². The van der Waals surface area contributed by atoms with E-state index in [0.717, 1.165) is 28.5 Å². The van der Waals surface area contributed by atoms with Gasteiger partial charge in [-0.25, -0.2) is 0 Å². The maximum absolute atomic E-state index is 6.42. The van der Waals surface area contributed by atoms with E-state index in [9.17, 15) is 0 Å². The van der Waals surface area contributed by atoms with Crippen LogP contribution in [-0.4, -0.2) is 6.04 Å². The summed E-state index contributed by atoms with van der Waals surface area (Å²) in [5.74, 6) is 3.02. The lowest BCUT2D eigenvalue weighted by Gasteiger charge is -2.59. The molecule has 0 heterocycles. The Balaban J connectivity index is 1.59. The third-order valence-corrected chi connectivity index (χ3v) is 6.90. The second-order valence-corrected chi connectivity index (χ2v) is 8.48. The molecule has 1 atom stereocenters. The fourth-order valence-corrected chi connectivity index (χ4v) is 6.17. The summed E-state index contributed by atoms with van der Waals surface area (Å²) in [6.45, 7) is 4.55. The van der Waals surface area contributed by atoms with Crippen LogP contribution in [0.1, 0.15) is 51.0 Å². The topological polar surface area (TPSA) is 12.0 Å². The molecule has 1 nitrogen and oxygen atoms in total. The predicted octanol–water partition coefficient (Wildman–Crippen LogP) is 5.67. The lowest BCUT2D eigenvalue weighted by atomic mass is 9.48. The van der Waals surface area contributed by atoms with Gasteiger partial charge in [0.2, 0.25) is 0 Å². The summed E-state index contributed by atoms with van der Waals surface area (Å²) in [7, 11) is 0. The first-order valence-corrected chi connectivity index (χ1v) is 8.95. The molecule has 114 valence electrons. The molecular weight excluding hydrogens is 278 g/mol. The van der Waals surface area contributed by atoms with Gasteiger partial charge in [0.05, 0.1) is 10.7 Å². The van der Waals surface area contributed by atoms with Gasteiger partial charge in [-0.1, -0.05) is 23.7 Å². The highest BCUT2D eigenvalue weighted by Crippen LogP contribution is 2.61. The fraction of sp³-hybridized carbons (Fsp3) is 0.684. The summed E-state index contributed by atoms with van der Waals surface area (Å²) in [5.41, 5.74) is 2.95. The predicted molar refractivity (Wildman–Crippen MR) is 89.9 cm³/mol. The minimum absolute atomic E-state index is 0.528. The lowest BCUT2D eigenvalue weighted by molar-refractivity contribution is -0.0602. The van der Waals surface area contributed by atoms with Crippen LogP contribution in [0.5, 0.6) is 0 Å². The van der Waals surface area contributed by atoms with Crippen LogP contribution >= 0.6 is 11.6 Å². The minimum Gasteiger partial charge on any atom is -0.381 e. The van der Waals surface area contributed by atoms with E-state index in [-0.39, 0.29) is 0 Å². The molecule has 0 radical (unpaired) electrons. The van der Waals surface area contributed by atoms with Crippen LogP contribution in [0.3, 0.4) is 0 Å². The van der Waals surface area contributed by atoms with Crippen molar-refractivity contribution in [3.8, 4) is 0 Å². The number of hydrogen-bond acceptors (Lipinski definition) is 1. The van der Waals surface area contributed by atoms with Crippen LogP contribution in [0.25, 0.3) is 0 Å². The first kappa shape index (κ1) is 13.9. The van der Waals surface area contributed by atoms with Gasteiger partial charge in [-0.05, 0) is 87.2 Å². The number of hydrogen-bond donors (Lipinski definition) is 1. The van der Waals surface area contributed by atoms with Gasteiger partial charge in [-0.2, -0.15) is 0 Å². The monoisotopic (exact) mass is 303 g/mol. The molecule has 1 aromatic rings. The second kappa shape index (κ2) is 4.91. The molecule has 0 aliphatic heterocycles. The fourth-order valence-electron chi connectivity index (χ4n) is 5.89. The minimum atomic E-state index is 0.528. The number of para-hydroxylation sites is 1. The summed E-state index contributed by atoms with van der Waals surface area (Å²) in [6.07, 6.45) is 8.86. The summed E-state index contributed by atoms with van der Waals surface area (Å²) < 4.78 is 0. The molecule has 1 unspecified atom stereocenters. The Hall–Kier alpha value is -0.690. The maximum atomic E-state index is 6.42. The molecule has 21 heavy (non-hydrogen) atoms. The van der Waals surface area contributed by atoms with E-state index >= 15 is 0 Å². The quantitative estimate of drug-likeness (QED) is 0.759. The second-order valence-electron chi connectivity index (χ2n) is 8.08. The smallest absolute Gasteiger partial charge is 0.0640 e. The molecule has 1 N–H and O–H groups in total. The molecule has 2 heteroatoms. The molecule has 4 aliphatic rings. The van der Waals surface area contributed by atoms with Crippen molar-refractivity contribution in [2.75, 3.05) is 5.32 Å². The van der Waals surface area contributed by atoms with Crippen molar-refractivity contribution in [2.24, 2.45) is 23.2 Å². The third kappa shape index (κ3) is 2.29. The van der Waals surface area contributed by atoms with Crippen LogP contribution in [0.15, 0.2) is 18.2 Å². The summed E-state index contributed by atoms with van der Waals surface area (Å²) >= 11 is 6.42. The highest BCUT2D eigenvalue weighted by molar-refractivity contribution is 6.33. The molecule has 4 bridgehead atoms. The van der Waals surface area contributed by atoms with E-state index in [1.54, 1.807) is 0 Å². The average Bonchev–Trinajstić information content (AvgIpc) is 2.41. The largest absolute Gasteiger partial charge is 0.381 e. The number of benzene rings is 1. The van der Waals surface area contributed by atoms with Crippen molar-refractivity contribution < 1.29 is 0 Å². The van der Waals surface area contributed by atoms with E-state index < -0.39 is 0 Å². The number of anilines is 1. The number of rotatable bonds is 3. The van der Waals surface area contributed by atoms with Gasteiger partial charge < -0.3 is 5.32 Å². The molecular formula is C19H26ClN. The van der Waals surface area contributed by atoms with Crippen molar-refractivity contribution in [1.82, 2.24) is 0 Å². The lowest BCUT2D eigenvalue weighted by Crippen LogP contribution is -2.53. The highest BCUT2D eigenvalue weighted by Gasteiger charge is 2.53. The number of halogens is 1. The van der Waals surface area contributed by atoms with Crippen LogP contribution in [-0.2, 0) is 0 Å². The first-order valence-electron chi connectivity index (χ1n) is 8.57. The summed E-state index contributed by atoms with van der Waals surface area (Å²) in [5, 5.41) is 4.67. The Bertz CT molecular complexity index is 495. The van der Waals surface area contributed by atoms with Crippen LogP contribution in [0.4, 0.5) is 5.69 Å². The molecule has 5 rings (SSSR count). The Morgan fingerprint density at radius 1 is 1.10 bits per heavy atom. The maximum Gasteiger partial charge on any atom is 0.0640 e. The third-order valence-electron chi connectivity index (χ3n) is 6.59. The zero-order valence-electron chi connectivity index (χ0n) is 13.2. The molecule has 0 saturated heterocycles. The van der Waals surface area contributed by atoms with Gasteiger partial charge >= 0.3 is 0 Å². The zero-order valence-corrected chi connectivity index (χ0v) is 13.9. The molecule has 4 aliphatic carbocycles. The molecule has 0 spiro atoms. The van der Waals surface area contributed by atoms with Gasteiger partial charge in [0.15, 0.2) is 0 Å². The van der Waals surface area contributed by atoms with Gasteiger partial charge in [0.25, 0.3) is 0 Å². The van der Waals surface area contributed by atoms with Gasteiger partial charge in [0, 0.05) is 6.04 Å². The molecule has 0 amide bonds. The normalized spacial score (nSPS) is 38.5. The van der Waals surface area contributed by atoms with Crippen molar-refractivity contribution >= 4 is 17.3 Å². The van der Waals surface area contributed by atoms with Gasteiger partial charge in [-0.15, -0.1) is 0 Å². The molecule has 4 saturated carbocycles. The number of aryl methyl sites for hydroxylation is 1. The molecule has 4 fully saturated rings. The average molecular weight is 304 g/mol. The number of nitrogens with one attached hydrogen (secondary N) is 1. The van der Waals surface area contributed by atoms with Crippen LogP contribution in [0, 0.1) is 30.1 Å². The van der Waals surface area contributed by atoms with E-state index in [2.05, 4.69) is 25.2 Å². The van der Waals surface area contributed by atoms with E-state index in [0.29, 0.717) is 11.5 Å². The van der Waals surface area contributed by atoms with Crippen molar-refractivity contribution in [2.45, 2.75) is 58.4 Å². The SMILES string of the molecule is Cc1cccc(Cl)c1NC(C)C12CC3CC(CC(C3)C1)C2. The Kier molecular flexibility index (Phi) is 3.26. The zero-order chi connectivity index (χ0) is 14.6. The van der Waals surface area contributed by atoms with Crippen molar-refractivity contribution in [3.05, 3.63) is 28.8 Å². The highest BCUT2D eigenvalue weighted by atomic mass is 35.5.